The number of thioether (sulfide) groups is 2. The molecule has 0 aliphatic carbocycles. The van der Waals surface area contributed by atoms with Gasteiger partial charge < -0.3 is 15.2 Å². The molecule has 1 heterocycles. The van der Waals surface area contributed by atoms with Crippen LogP contribution in [0.15, 0.2) is 58.6 Å². The molecule has 0 saturated carbocycles. The summed E-state index contributed by atoms with van der Waals surface area (Å²) in [7, 11) is 0. The summed E-state index contributed by atoms with van der Waals surface area (Å²) in [6, 6.07) is 15.4. The van der Waals surface area contributed by atoms with Gasteiger partial charge in [-0.3, -0.25) is 9.59 Å². The molecule has 0 saturated heterocycles. The van der Waals surface area contributed by atoms with E-state index >= 15 is 0 Å². The quantitative estimate of drug-likeness (QED) is 0.430. The van der Waals surface area contributed by atoms with Crippen LogP contribution < -0.4 is 10.6 Å². The van der Waals surface area contributed by atoms with E-state index in [-0.39, 0.29) is 17.1 Å². The molecule has 168 valence electrons. The largest absolute Gasteiger partial charge is 0.326 e. The Morgan fingerprint density at radius 2 is 1.62 bits per heavy atom. The molecule has 0 radical (unpaired) electrons. The van der Waals surface area contributed by atoms with Gasteiger partial charge >= 0.3 is 0 Å². The predicted octanol–water partition coefficient (Wildman–Crippen LogP) is 4.98. The summed E-state index contributed by atoms with van der Waals surface area (Å²) in [5.74, 6) is 1.35. The molecular weight excluding hydrogens is 442 g/mol. The summed E-state index contributed by atoms with van der Waals surface area (Å²) in [6.07, 6.45) is 0. The fourth-order valence-corrected chi connectivity index (χ4v) is 4.68. The van der Waals surface area contributed by atoms with Gasteiger partial charge in [0, 0.05) is 29.7 Å². The van der Waals surface area contributed by atoms with Gasteiger partial charge in [-0.05, 0) is 57.2 Å². The lowest BCUT2D eigenvalue weighted by atomic mass is 10.2. The zero-order valence-electron chi connectivity index (χ0n) is 18.6. The summed E-state index contributed by atoms with van der Waals surface area (Å²) in [4.78, 5) is 25.0. The lowest BCUT2D eigenvalue weighted by Crippen LogP contribution is -2.23. The van der Waals surface area contributed by atoms with Crippen molar-refractivity contribution in [3.63, 3.8) is 0 Å². The van der Waals surface area contributed by atoms with Gasteiger partial charge in [0.25, 0.3) is 0 Å². The van der Waals surface area contributed by atoms with E-state index in [2.05, 4.69) is 63.5 Å². The third-order valence-electron chi connectivity index (χ3n) is 4.62. The molecule has 1 atom stereocenters. The fraction of sp³-hybridized carbons (Fsp3) is 0.304. The number of aryl methyl sites for hydroxylation is 1. The topological polar surface area (TPSA) is 88.9 Å². The first-order valence-corrected chi connectivity index (χ1v) is 12.2. The molecule has 0 fully saturated rings. The minimum atomic E-state index is -0.350. The Morgan fingerprint density at radius 3 is 2.22 bits per heavy atom. The smallest absolute Gasteiger partial charge is 0.237 e. The Labute approximate surface area is 196 Å². The number of carbonyl (C=O) groups is 2. The molecule has 3 rings (SSSR count). The van der Waals surface area contributed by atoms with Crippen molar-refractivity contribution in [2.75, 3.05) is 10.6 Å². The Morgan fingerprint density at radius 1 is 1.00 bits per heavy atom. The number of amides is 2. The summed E-state index contributed by atoms with van der Waals surface area (Å²) in [5, 5.41) is 14.7. The number of hydrogen-bond acceptors (Lipinski definition) is 6. The number of rotatable bonds is 9. The summed E-state index contributed by atoms with van der Waals surface area (Å²) < 4.78 is 2.05. The van der Waals surface area contributed by atoms with Crippen molar-refractivity contribution in [3.8, 4) is 0 Å². The monoisotopic (exact) mass is 469 g/mol. The molecule has 1 unspecified atom stereocenters. The molecule has 0 aliphatic rings. The Balaban J connectivity index is 1.59. The minimum Gasteiger partial charge on any atom is -0.326 e. The second-order valence-electron chi connectivity index (χ2n) is 7.25. The summed E-state index contributed by atoms with van der Waals surface area (Å²) >= 11 is 3.11. The highest BCUT2D eigenvalue weighted by molar-refractivity contribution is 8.00. The predicted molar refractivity (Wildman–Crippen MR) is 131 cm³/mol. The maximum Gasteiger partial charge on any atom is 0.237 e. The first-order valence-electron chi connectivity index (χ1n) is 10.3. The van der Waals surface area contributed by atoms with Crippen LogP contribution >= 0.6 is 23.5 Å². The van der Waals surface area contributed by atoms with Crippen LogP contribution in [-0.2, 0) is 21.9 Å². The highest BCUT2D eigenvalue weighted by Crippen LogP contribution is 2.27. The van der Waals surface area contributed by atoms with Crippen molar-refractivity contribution < 1.29 is 9.59 Å². The van der Waals surface area contributed by atoms with E-state index in [1.54, 1.807) is 36.0 Å². The first-order chi connectivity index (χ1) is 15.4. The Bertz CT molecular complexity index is 1060. The molecule has 0 spiro atoms. The van der Waals surface area contributed by atoms with E-state index in [4.69, 9.17) is 0 Å². The summed E-state index contributed by atoms with van der Waals surface area (Å²) in [5.41, 5.74) is 2.59. The summed E-state index contributed by atoms with van der Waals surface area (Å²) in [6.45, 7) is 8.16. The maximum absolute atomic E-state index is 12.7. The second-order valence-corrected chi connectivity index (χ2v) is 9.61. The first kappa shape index (κ1) is 23.9. The van der Waals surface area contributed by atoms with Crippen molar-refractivity contribution >= 4 is 46.7 Å². The molecule has 0 aliphatic heterocycles. The third kappa shape index (κ3) is 6.61. The number of carbonyl (C=O) groups excluding carboxylic acids is 2. The molecule has 2 amide bonds. The highest BCUT2D eigenvalue weighted by Gasteiger charge is 2.20. The van der Waals surface area contributed by atoms with Crippen molar-refractivity contribution in [2.24, 2.45) is 0 Å². The molecule has 0 bridgehead atoms. The highest BCUT2D eigenvalue weighted by atomic mass is 32.2. The number of benzene rings is 2. The second kappa shape index (κ2) is 11.2. The van der Waals surface area contributed by atoms with E-state index in [1.807, 2.05) is 6.92 Å². The molecular formula is C23H27N5O2S2. The average molecular weight is 470 g/mol. The molecule has 2 aromatic carbocycles. The van der Waals surface area contributed by atoms with Gasteiger partial charge in [0.2, 0.25) is 11.8 Å². The van der Waals surface area contributed by atoms with Gasteiger partial charge in [-0.25, -0.2) is 0 Å². The zero-order chi connectivity index (χ0) is 23.1. The van der Waals surface area contributed by atoms with Gasteiger partial charge in [0.15, 0.2) is 5.16 Å². The number of anilines is 2. The van der Waals surface area contributed by atoms with Gasteiger partial charge in [0.05, 0.1) is 11.0 Å². The van der Waals surface area contributed by atoms with Crippen molar-refractivity contribution in [1.82, 2.24) is 14.8 Å². The van der Waals surface area contributed by atoms with Crippen LogP contribution in [-0.4, -0.2) is 31.8 Å². The maximum atomic E-state index is 12.7. The van der Waals surface area contributed by atoms with Crippen LogP contribution in [0, 0.1) is 6.92 Å². The number of nitrogens with one attached hydrogen (secondary N) is 2. The van der Waals surface area contributed by atoms with E-state index in [0.29, 0.717) is 17.1 Å². The van der Waals surface area contributed by atoms with Gasteiger partial charge in [0.1, 0.15) is 5.82 Å². The minimum absolute atomic E-state index is 0.122. The molecule has 7 nitrogen and oxygen atoms in total. The van der Waals surface area contributed by atoms with Crippen LogP contribution in [0.3, 0.4) is 0 Å². The lowest BCUT2D eigenvalue weighted by molar-refractivity contribution is -0.115. The van der Waals surface area contributed by atoms with Crippen LogP contribution in [0.1, 0.15) is 32.2 Å². The SMILES string of the molecule is CCn1c(CSc2ccc(C)cc2)nnc1SC(C)C(=O)Nc1ccc(NC(C)=O)cc1. The van der Waals surface area contributed by atoms with E-state index < -0.39 is 0 Å². The molecule has 1 aromatic heterocycles. The van der Waals surface area contributed by atoms with Gasteiger partial charge in [-0.1, -0.05) is 29.5 Å². The van der Waals surface area contributed by atoms with E-state index in [1.165, 1.54) is 29.1 Å². The number of aromatic nitrogens is 3. The van der Waals surface area contributed by atoms with Crippen molar-refractivity contribution in [2.45, 2.75) is 55.3 Å². The number of nitrogens with zero attached hydrogens (tertiary/aromatic N) is 3. The molecule has 2 N–H and O–H groups in total. The van der Waals surface area contributed by atoms with E-state index in [0.717, 1.165) is 17.5 Å². The number of hydrogen-bond donors (Lipinski definition) is 2. The van der Waals surface area contributed by atoms with Crippen LogP contribution in [0.5, 0.6) is 0 Å². The third-order valence-corrected chi connectivity index (χ3v) is 6.71. The van der Waals surface area contributed by atoms with E-state index in [9.17, 15) is 9.59 Å². The molecule has 32 heavy (non-hydrogen) atoms. The lowest BCUT2D eigenvalue weighted by Gasteiger charge is -2.13. The van der Waals surface area contributed by atoms with Crippen molar-refractivity contribution in [3.05, 3.63) is 59.9 Å². The average Bonchev–Trinajstić information content (AvgIpc) is 3.15. The van der Waals surface area contributed by atoms with Crippen LogP contribution in [0.4, 0.5) is 11.4 Å². The van der Waals surface area contributed by atoms with Gasteiger partial charge in [-0.2, -0.15) is 0 Å². The Hall–Kier alpha value is -2.78. The normalized spacial score (nSPS) is 11.8. The van der Waals surface area contributed by atoms with Crippen LogP contribution in [0.25, 0.3) is 0 Å². The standard InChI is InChI=1S/C23H27N5O2S2/c1-5-28-21(14-31-20-12-6-15(2)7-13-20)26-27-23(28)32-16(3)22(30)25-19-10-8-18(9-11-19)24-17(4)29/h6-13,16H,5,14H2,1-4H3,(H,24,29)(H,25,30). The Kier molecular flexibility index (Phi) is 8.35. The fourth-order valence-electron chi connectivity index (χ4n) is 2.91. The molecule has 3 aromatic rings. The zero-order valence-corrected chi connectivity index (χ0v) is 20.2. The molecule has 9 heteroatoms. The van der Waals surface area contributed by atoms with Gasteiger partial charge in [-0.15, -0.1) is 22.0 Å². The van der Waals surface area contributed by atoms with Crippen molar-refractivity contribution in [1.29, 1.82) is 0 Å². The van der Waals surface area contributed by atoms with Crippen LogP contribution in [0.2, 0.25) is 0 Å².